The Balaban J connectivity index is 1.94. The van der Waals surface area contributed by atoms with Gasteiger partial charge in [-0.25, -0.2) is 0 Å². The molecule has 84 valence electrons. The summed E-state index contributed by atoms with van der Waals surface area (Å²) in [6, 6.07) is 2.58. The number of hydrogen-bond donors (Lipinski definition) is 1. The van der Waals surface area contributed by atoms with Gasteiger partial charge < -0.3 is 10.6 Å². The van der Waals surface area contributed by atoms with E-state index in [0.717, 1.165) is 18.9 Å². The second-order valence-electron chi connectivity index (χ2n) is 4.55. The summed E-state index contributed by atoms with van der Waals surface area (Å²) in [6.45, 7) is 2.23. The summed E-state index contributed by atoms with van der Waals surface area (Å²) in [5, 5.41) is 2.24. The van der Waals surface area contributed by atoms with Gasteiger partial charge in [-0.2, -0.15) is 0 Å². The fourth-order valence-corrected chi connectivity index (χ4v) is 3.65. The molecule has 0 radical (unpaired) electrons. The molecule has 0 bridgehead atoms. The largest absolute Gasteiger partial charge is 0.327 e. The minimum atomic E-state index is 0.357. The highest BCUT2D eigenvalue weighted by molar-refractivity contribution is 9.11. The van der Waals surface area contributed by atoms with E-state index in [1.165, 1.54) is 22.3 Å². The number of rotatable bonds is 2. The Morgan fingerprint density at radius 1 is 1.60 bits per heavy atom. The molecule has 1 aromatic heterocycles. The standard InChI is InChI=1S/C11H17BrN2S/c1-14-5-8(3-10(13)6-14)2-9-4-11(12)15-7-9/h4,7-8,10H,2-3,5-6,13H2,1H3. The summed E-state index contributed by atoms with van der Waals surface area (Å²) in [7, 11) is 2.16. The van der Waals surface area contributed by atoms with E-state index in [9.17, 15) is 0 Å². The molecule has 2 unspecified atom stereocenters. The van der Waals surface area contributed by atoms with Crippen molar-refractivity contribution in [2.75, 3.05) is 20.1 Å². The predicted molar refractivity (Wildman–Crippen MR) is 69.3 cm³/mol. The number of likely N-dealkylation sites (tertiary alicyclic amines) is 1. The number of piperidine rings is 1. The summed E-state index contributed by atoms with van der Waals surface area (Å²) < 4.78 is 1.23. The van der Waals surface area contributed by atoms with Gasteiger partial charge in [-0.1, -0.05) is 0 Å². The van der Waals surface area contributed by atoms with Crippen LogP contribution in [-0.4, -0.2) is 31.1 Å². The van der Waals surface area contributed by atoms with Crippen LogP contribution in [-0.2, 0) is 6.42 Å². The fraction of sp³-hybridized carbons (Fsp3) is 0.636. The van der Waals surface area contributed by atoms with Crippen LogP contribution in [0.5, 0.6) is 0 Å². The molecule has 0 spiro atoms. The third kappa shape index (κ3) is 3.28. The predicted octanol–water partition coefficient (Wildman–Crippen LogP) is 2.33. The first-order valence-electron chi connectivity index (χ1n) is 5.30. The van der Waals surface area contributed by atoms with E-state index < -0.39 is 0 Å². The van der Waals surface area contributed by atoms with Crippen molar-refractivity contribution in [2.45, 2.75) is 18.9 Å². The van der Waals surface area contributed by atoms with Gasteiger partial charge in [-0.05, 0) is 58.7 Å². The van der Waals surface area contributed by atoms with Crippen LogP contribution in [0.2, 0.25) is 0 Å². The van der Waals surface area contributed by atoms with E-state index in [1.54, 1.807) is 11.3 Å². The van der Waals surface area contributed by atoms with Crippen LogP contribution in [0, 0.1) is 5.92 Å². The zero-order chi connectivity index (χ0) is 10.8. The molecule has 2 rings (SSSR count). The van der Waals surface area contributed by atoms with Crippen LogP contribution < -0.4 is 5.73 Å². The maximum atomic E-state index is 6.03. The Labute approximate surface area is 104 Å². The van der Waals surface area contributed by atoms with Crippen molar-refractivity contribution in [2.24, 2.45) is 11.7 Å². The molecule has 2 N–H and O–H groups in total. The fourth-order valence-electron chi connectivity index (χ4n) is 2.43. The molecular formula is C11H17BrN2S. The quantitative estimate of drug-likeness (QED) is 0.905. The molecule has 1 aliphatic heterocycles. The summed E-state index contributed by atoms with van der Waals surface area (Å²) >= 11 is 5.27. The van der Waals surface area contributed by atoms with Gasteiger partial charge in [0.25, 0.3) is 0 Å². The normalized spacial score (nSPS) is 28.2. The minimum Gasteiger partial charge on any atom is -0.327 e. The van der Waals surface area contributed by atoms with Crippen LogP contribution in [0.25, 0.3) is 0 Å². The SMILES string of the molecule is CN1CC(N)CC(Cc2csc(Br)c2)C1. The zero-order valence-corrected chi connectivity index (χ0v) is 11.4. The van der Waals surface area contributed by atoms with Gasteiger partial charge in [0.15, 0.2) is 0 Å². The van der Waals surface area contributed by atoms with E-state index in [2.05, 4.69) is 39.3 Å². The Hall–Kier alpha value is 0.100. The van der Waals surface area contributed by atoms with Crippen LogP contribution >= 0.6 is 27.3 Å². The Bertz CT molecular complexity index is 316. The van der Waals surface area contributed by atoms with Crippen molar-refractivity contribution in [1.82, 2.24) is 4.90 Å². The van der Waals surface area contributed by atoms with E-state index >= 15 is 0 Å². The lowest BCUT2D eigenvalue weighted by Gasteiger charge is -2.33. The molecule has 1 aliphatic rings. The monoisotopic (exact) mass is 288 g/mol. The zero-order valence-electron chi connectivity index (χ0n) is 8.95. The van der Waals surface area contributed by atoms with Gasteiger partial charge in [0.2, 0.25) is 0 Å². The maximum Gasteiger partial charge on any atom is 0.0701 e. The molecule has 0 saturated carbocycles. The molecule has 2 nitrogen and oxygen atoms in total. The summed E-state index contributed by atoms with van der Waals surface area (Å²) in [6.07, 6.45) is 2.33. The van der Waals surface area contributed by atoms with E-state index in [-0.39, 0.29) is 0 Å². The van der Waals surface area contributed by atoms with Crippen molar-refractivity contribution in [1.29, 1.82) is 0 Å². The smallest absolute Gasteiger partial charge is 0.0701 e. The second kappa shape index (κ2) is 4.95. The third-order valence-corrected chi connectivity index (χ3v) is 4.45. The highest BCUT2D eigenvalue weighted by Gasteiger charge is 2.22. The van der Waals surface area contributed by atoms with E-state index in [4.69, 9.17) is 5.73 Å². The van der Waals surface area contributed by atoms with Gasteiger partial charge >= 0.3 is 0 Å². The van der Waals surface area contributed by atoms with E-state index in [0.29, 0.717) is 6.04 Å². The molecule has 0 aliphatic carbocycles. The van der Waals surface area contributed by atoms with Crippen molar-refractivity contribution in [3.63, 3.8) is 0 Å². The van der Waals surface area contributed by atoms with Gasteiger partial charge in [-0.3, -0.25) is 0 Å². The number of halogens is 1. The number of nitrogens with zero attached hydrogens (tertiary/aromatic N) is 1. The van der Waals surface area contributed by atoms with Gasteiger partial charge in [-0.15, -0.1) is 11.3 Å². The van der Waals surface area contributed by atoms with E-state index in [1.807, 2.05) is 0 Å². The molecule has 2 heterocycles. The first-order chi connectivity index (χ1) is 7.13. The highest BCUT2D eigenvalue weighted by Crippen LogP contribution is 2.25. The Morgan fingerprint density at radius 2 is 2.40 bits per heavy atom. The van der Waals surface area contributed by atoms with Gasteiger partial charge in [0.05, 0.1) is 3.79 Å². The Kier molecular flexibility index (Phi) is 3.83. The Morgan fingerprint density at radius 3 is 3.00 bits per heavy atom. The molecule has 15 heavy (non-hydrogen) atoms. The number of likely N-dealkylation sites (N-methyl/N-ethyl adjacent to an activating group) is 1. The molecule has 0 aromatic carbocycles. The first kappa shape index (κ1) is 11.6. The average Bonchev–Trinajstić information content (AvgIpc) is 2.49. The second-order valence-corrected chi connectivity index (χ2v) is 6.84. The molecular weight excluding hydrogens is 272 g/mol. The first-order valence-corrected chi connectivity index (χ1v) is 6.98. The summed E-state index contributed by atoms with van der Waals surface area (Å²) in [4.78, 5) is 2.35. The van der Waals surface area contributed by atoms with Gasteiger partial charge in [0, 0.05) is 19.1 Å². The van der Waals surface area contributed by atoms with Crippen LogP contribution in [0.3, 0.4) is 0 Å². The molecule has 0 amide bonds. The summed E-state index contributed by atoms with van der Waals surface area (Å²) in [5.41, 5.74) is 7.47. The molecule has 1 saturated heterocycles. The lowest BCUT2D eigenvalue weighted by atomic mass is 9.90. The molecule has 1 aromatic rings. The highest BCUT2D eigenvalue weighted by atomic mass is 79.9. The number of hydrogen-bond acceptors (Lipinski definition) is 3. The van der Waals surface area contributed by atoms with Crippen molar-refractivity contribution in [3.05, 3.63) is 20.8 Å². The van der Waals surface area contributed by atoms with Crippen LogP contribution in [0.4, 0.5) is 0 Å². The summed E-state index contributed by atoms with van der Waals surface area (Å²) in [5.74, 6) is 0.722. The maximum absolute atomic E-state index is 6.03. The number of thiophene rings is 1. The van der Waals surface area contributed by atoms with Crippen molar-refractivity contribution < 1.29 is 0 Å². The molecule has 4 heteroatoms. The minimum absolute atomic E-state index is 0.357. The van der Waals surface area contributed by atoms with Crippen molar-refractivity contribution >= 4 is 27.3 Å². The van der Waals surface area contributed by atoms with Crippen molar-refractivity contribution in [3.8, 4) is 0 Å². The van der Waals surface area contributed by atoms with Crippen LogP contribution in [0.15, 0.2) is 15.2 Å². The van der Waals surface area contributed by atoms with Crippen LogP contribution in [0.1, 0.15) is 12.0 Å². The lowest BCUT2D eigenvalue weighted by Crippen LogP contribution is -2.45. The average molecular weight is 289 g/mol. The molecule has 1 fully saturated rings. The molecule has 2 atom stereocenters. The lowest BCUT2D eigenvalue weighted by molar-refractivity contribution is 0.188. The number of nitrogens with two attached hydrogens (primary N) is 1. The topological polar surface area (TPSA) is 29.3 Å². The third-order valence-electron chi connectivity index (χ3n) is 2.90. The van der Waals surface area contributed by atoms with Gasteiger partial charge in [0.1, 0.15) is 0 Å².